The van der Waals surface area contributed by atoms with Gasteiger partial charge in [-0.3, -0.25) is 0 Å². The van der Waals surface area contributed by atoms with Crippen LogP contribution in [-0.4, -0.2) is 26.7 Å². The van der Waals surface area contributed by atoms with Crippen molar-refractivity contribution in [2.75, 3.05) is 0 Å². The molecule has 1 fully saturated rings. The summed E-state index contributed by atoms with van der Waals surface area (Å²) < 4.78 is 2.07. The summed E-state index contributed by atoms with van der Waals surface area (Å²) in [5.41, 5.74) is 0.391. The molecule has 0 aromatic carbocycles. The number of nitrogens with zero attached hydrogens (tertiary/aromatic N) is 2. The Morgan fingerprint density at radius 1 is 1.33 bits per heavy atom. The second kappa shape index (κ2) is 4.67. The van der Waals surface area contributed by atoms with Gasteiger partial charge in [0.05, 0.1) is 6.54 Å². The second-order valence-corrected chi connectivity index (χ2v) is 6.83. The molecule has 102 valence electrons. The Kier molecular flexibility index (Phi) is 3.52. The number of rotatable bonds is 3. The fourth-order valence-electron chi connectivity index (χ4n) is 3.27. The SMILES string of the molecule is Cn1ccnc1CNC1CC(C)(C)NC(C)(C)C1. The monoisotopic (exact) mass is 250 g/mol. The number of aromatic nitrogens is 2. The van der Waals surface area contributed by atoms with Gasteiger partial charge in [0, 0.05) is 36.6 Å². The van der Waals surface area contributed by atoms with Crippen LogP contribution in [0.15, 0.2) is 12.4 Å². The number of aryl methyl sites for hydroxylation is 1. The van der Waals surface area contributed by atoms with Gasteiger partial charge in [0.15, 0.2) is 0 Å². The van der Waals surface area contributed by atoms with Crippen LogP contribution in [0.25, 0.3) is 0 Å². The molecule has 4 heteroatoms. The van der Waals surface area contributed by atoms with Crippen LogP contribution < -0.4 is 10.6 Å². The van der Waals surface area contributed by atoms with Crippen molar-refractivity contribution in [1.29, 1.82) is 0 Å². The Hall–Kier alpha value is -0.870. The molecule has 1 aromatic heterocycles. The molecule has 2 N–H and O–H groups in total. The Balaban J connectivity index is 1.95. The van der Waals surface area contributed by atoms with Gasteiger partial charge in [0.1, 0.15) is 5.82 Å². The fraction of sp³-hybridized carbons (Fsp3) is 0.786. The average Bonchev–Trinajstić information content (AvgIpc) is 2.56. The van der Waals surface area contributed by atoms with Crippen molar-refractivity contribution in [2.45, 2.75) is 64.2 Å². The van der Waals surface area contributed by atoms with Gasteiger partial charge in [-0.05, 0) is 40.5 Å². The van der Waals surface area contributed by atoms with E-state index in [1.807, 2.05) is 19.4 Å². The van der Waals surface area contributed by atoms with Gasteiger partial charge in [-0.15, -0.1) is 0 Å². The maximum atomic E-state index is 4.36. The van der Waals surface area contributed by atoms with Crippen molar-refractivity contribution < 1.29 is 0 Å². The van der Waals surface area contributed by atoms with Crippen LogP contribution in [0.2, 0.25) is 0 Å². The van der Waals surface area contributed by atoms with Crippen LogP contribution in [-0.2, 0) is 13.6 Å². The van der Waals surface area contributed by atoms with Crippen LogP contribution in [0, 0.1) is 0 Å². The van der Waals surface area contributed by atoms with E-state index in [1.165, 1.54) is 0 Å². The van der Waals surface area contributed by atoms with Crippen molar-refractivity contribution in [2.24, 2.45) is 7.05 Å². The van der Waals surface area contributed by atoms with E-state index in [9.17, 15) is 0 Å². The van der Waals surface area contributed by atoms with Crippen LogP contribution in [0.4, 0.5) is 0 Å². The molecule has 1 aromatic rings. The second-order valence-electron chi connectivity index (χ2n) is 6.83. The van der Waals surface area contributed by atoms with E-state index in [-0.39, 0.29) is 11.1 Å². The maximum Gasteiger partial charge on any atom is 0.122 e. The maximum absolute atomic E-state index is 4.36. The van der Waals surface area contributed by atoms with E-state index < -0.39 is 0 Å². The molecule has 0 saturated carbocycles. The van der Waals surface area contributed by atoms with Gasteiger partial charge in [0.25, 0.3) is 0 Å². The molecular formula is C14H26N4. The molecule has 0 amide bonds. The lowest BCUT2D eigenvalue weighted by Crippen LogP contribution is -2.61. The van der Waals surface area contributed by atoms with E-state index in [1.54, 1.807) is 0 Å². The molecule has 18 heavy (non-hydrogen) atoms. The predicted octanol–water partition coefficient (Wildman–Crippen LogP) is 1.82. The molecule has 0 aliphatic carbocycles. The van der Waals surface area contributed by atoms with Crippen LogP contribution in [0.5, 0.6) is 0 Å². The first kappa shape index (κ1) is 13.6. The minimum atomic E-state index is 0.195. The molecule has 0 atom stereocenters. The van der Waals surface area contributed by atoms with Crippen molar-refractivity contribution in [1.82, 2.24) is 20.2 Å². The molecule has 0 radical (unpaired) electrons. The number of imidazole rings is 1. The van der Waals surface area contributed by atoms with Crippen molar-refractivity contribution in [3.63, 3.8) is 0 Å². The van der Waals surface area contributed by atoms with E-state index in [0.29, 0.717) is 6.04 Å². The summed E-state index contributed by atoms with van der Waals surface area (Å²) in [7, 11) is 2.04. The summed E-state index contributed by atoms with van der Waals surface area (Å²) in [6.45, 7) is 9.97. The van der Waals surface area contributed by atoms with Gasteiger partial charge in [-0.1, -0.05) is 0 Å². The van der Waals surface area contributed by atoms with Crippen LogP contribution in [0.1, 0.15) is 46.4 Å². The van der Waals surface area contributed by atoms with E-state index >= 15 is 0 Å². The largest absolute Gasteiger partial charge is 0.337 e. The van der Waals surface area contributed by atoms with Gasteiger partial charge in [-0.2, -0.15) is 0 Å². The highest BCUT2D eigenvalue weighted by atomic mass is 15.1. The topological polar surface area (TPSA) is 41.9 Å². The standard InChI is InChI=1S/C14H26N4/c1-13(2)8-11(9-14(3,4)17-13)16-10-12-15-6-7-18(12)5/h6-7,11,16-17H,8-10H2,1-5H3. The van der Waals surface area contributed by atoms with E-state index in [2.05, 4.69) is 47.9 Å². The van der Waals surface area contributed by atoms with Gasteiger partial charge in [0.2, 0.25) is 0 Å². The summed E-state index contributed by atoms with van der Waals surface area (Å²) in [5.74, 6) is 1.10. The number of hydrogen-bond acceptors (Lipinski definition) is 3. The Morgan fingerprint density at radius 2 is 1.94 bits per heavy atom. The molecule has 0 bridgehead atoms. The number of piperidine rings is 1. The predicted molar refractivity (Wildman–Crippen MR) is 74.4 cm³/mol. The third-order valence-electron chi connectivity index (χ3n) is 3.66. The molecule has 0 unspecified atom stereocenters. The lowest BCUT2D eigenvalue weighted by molar-refractivity contribution is 0.145. The summed E-state index contributed by atoms with van der Waals surface area (Å²) in [4.78, 5) is 4.36. The molecule has 2 rings (SSSR count). The Bertz CT molecular complexity index is 390. The van der Waals surface area contributed by atoms with E-state index in [4.69, 9.17) is 0 Å². The summed E-state index contributed by atoms with van der Waals surface area (Å²) in [6.07, 6.45) is 6.16. The van der Waals surface area contributed by atoms with Gasteiger partial charge in [-0.25, -0.2) is 4.98 Å². The minimum absolute atomic E-state index is 0.195. The molecule has 2 heterocycles. The average molecular weight is 250 g/mol. The highest BCUT2D eigenvalue weighted by Gasteiger charge is 2.37. The first-order valence-corrected chi connectivity index (χ1v) is 6.76. The molecule has 4 nitrogen and oxygen atoms in total. The highest BCUT2D eigenvalue weighted by Crippen LogP contribution is 2.28. The lowest BCUT2D eigenvalue weighted by Gasteiger charge is -2.46. The Labute approximate surface area is 110 Å². The zero-order chi connectivity index (χ0) is 13.4. The Morgan fingerprint density at radius 3 is 2.44 bits per heavy atom. The highest BCUT2D eigenvalue weighted by molar-refractivity contribution is 5.00. The fourth-order valence-corrected chi connectivity index (χ4v) is 3.27. The minimum Gasteiger partial charge on any atom is -0.337 e. The van der Waals surface area contributed by atoms with Crippen LogP contribution >= 0.6 is 0 Å². The van der Waals surface area contributed by atoms with Gasteiger partial charge >= 0.3 is 0 Å². The van der Waals surface area contributed by atoms with Crippen molar-refractivity contribution in [3.05, 3.63) is 18.2 Å². The van der Waals surface area contributed by atoms with Crippen LogP contribution in [0.3, 0.4) is 0 Å². The quantitative estimate of drug-likeness (QED) is 0.860. The smallest absolute Gasteiger partial charge is 0.122 e. The zero-order valence-electron chi connectivity index (χ0n) is 12.2. The molecule has 1 aliphatic rings. The molecule has 1 saturated heterocycles. The third kappa shape index (κ3) is 3.33. The number of nitrogens with one attached hydrogen (secondary N) is 2. The molecule has 1 aliphatic heterocycles. The normalized spacial score (nSPS) is 23.2. The summed E-state index contributed by atoms with van der Waals surface area (Å²) in [5, 5.41) is 7.36. The summed E-state index contributed by atoms with van der Waals surface area (Å²) in [6, 6.07) is 0.549. The first-order valence-electron chi connectivity index (χ1n) is 6.76. The van der Waals surface area contributed by atoms with E-state index in [0.717, 1.165) is 25.2 Å². The lowest BCUT2D eigenvalue weighted by atomic mass is 9.79. The van der Waals surface area contributed by atoms with Gasteiger partial charge < -0.3 is 15.2 Å². The first-order chi connectivity index (χ1) is 8.27. The zero-order valence-corrected chi connectivity index (χ0v) is 12.2. The molecular weight excluding hydrogens is 224 g/mol. The third-order valence-corrected chi connectivity index (χ3v) is 3.66. The molecule has 0 spiro atoms. The van der Waals surface area contributed by atoms with Crippen molar-refractivity contribution in [3.8, 4) is 0 Å². The van der Waals surface area contributed by atoms with Crippen molar-refractivity contribution >= 4 is 0 Å². The summed E-state index contributed by atoms with van der Waals surface area (Å²) >= 11 is 0. The number of hydrogen-bond donors (Lipinski definition) is 2.